The van der Waals surface area contributed by atoms with E-state index in [1.54, 1.807) is 4.68 Å². The Kier molecular flexibility index (Phi) is 3.73. The first-order valence-corrected chi connectivity index (χ1v) is 9.57. The van der Waals surface area contributed by atoms with Crippen LogP contribution in [-0.2, 0) is 0 Å². The zero-order chi connectivity index (χ0) is 18.4. The van der Waals surface area contributed by atoms with Crippen molar-refractivity contribution in [2.45, 2.75) is 0 Å². The van der Waals surface area contributed by atoms with Crippen molar-refractivity contribution in [2.75, 3.05) is 5.84 Å². The number of aromatic nitrogens is 2. The Labute approximate surface area is 165 Å². The summed E-state index contributed by atoms with van der Waals surface area (Å²) in [5, 5.41) is 3.43. The molecule has 2 heterocycles. The summed E-state index contributed by atoms with van der Waals surface area (Å²) in [5.41, 5.74) is 5.24. The fourth-order valence-corrected chi connectivity index (χ4v) is 4.06. The molecule has 0 bridgehead atoms. The second-order valence-corrected chi connectivity index (χ2v) is 7.51. The summed E-state index contributed by atoms with van der Waals surface area (Å²) < 4.78 is 2.85. The first kappa shape index (κ1) is 16.1. The summed E-state index contributed by atoms with van der Waals surface area (Å²) in [7, 11) is 0. The van der Waals surface area contributed by atoms with Crippen LogP contribution in [0.3, 0.4) is 0 Å². The third-order valence-corrected chi connectivity index (χ3v) is 5.47. The van der Waals surface area contributed by atoms with Gasteiger partial charge in [0.15, 0.2) is 0 Å². The highest BCUT2D eigenvalue weighted by Gasteiger charge is 2.24. The van der Waals surface area contributed by atoms with Crippen LogP contribution >= 0.6 is 15.9 Å². The third kappa shape index (κ3) is 2.61. The smallest absolute Gasteiger partial charge is 0.252 e. The fraction of sp³-hybridized carbons (Fsp3) is 0. The molecule has 27 heavy (non-hydrogen) atoms. The topological polar surface area (TPSA) is 45.7 Å². The highest BCUT2D eigenvalue weighted by molar-refractivity contribution is 9.10. The van der Waals surface area contributed by atoms with Crippen LogP contribution in [0.15, 0.2) is 89.5 Å². The second kappa shape index (κ2) is 6.25. The van der Waals surface area contributed by atoms with Crippen LogP contribution in [0, 0.1) is 0 Å². The van der Waals surface area contributed by atoms with Gasteiger partial charge in [0, 0.05) is 33.2 Å². The molecule has 0 radical (unpaired) electrons. The summed E-state index contributed by atoms with van der Waals surface area (Å²) in [4.78, 5) is 3.38. The molecule has 0 aliphatic heterocycles. The summed E-state index contributed by atoms with van der Waals surface area (Å²) >= 11 is 3.59. The number of nitrogens with zero attached hydrogens (tertiary/aromatic N) is 1. The Morgan fingerprint density at radius 3 is 2.44 bits per heavy atom. The number of aromatic amines is 1. The van der Waals surface area contributed by atoms with E-state index in [0.717, 1.165) is 48.7 Å². The lowest BCUT2D eigenvalue weighted by Gasteiger charge is -2.08. The van der Waals surface area contributed by atoms with E-state index < -0.39 is 0 Å². The Morgan fingerprint density at radius 2 is 1.59 bits per heavy atom. The minimum absolute atomic E-state index is 0.980. The van der Waals surface area contributed by atoms with Crippen molar-refractivity contribution >= 4 is 37.6 Å². The molecule has 0 saturated heterocycles. The van der Waals surface area contributed by atoms with E-state index in [9.17, 15) is 0 Å². The Bertz CT molecular complexity index is 1290. The number of nitrogen functional groups attached to an aromatic ring is 1. The summed E-state index contributed by atoms with van der Waals surface area (Å²) in [6.07, 6.45) is 2.04. The van der Waals surface area contributed by atoms with E-state index in [4.69, 9.17) is 5.84 Å². The molecule has 0 amide bonds. The van der Waals surface area contributed by atoms with Gasteiger partial charge in [-0.25, -0.2) is 5.84 Å². The molecule has 3 aromatic carbocycles. The van der Waals surface area contributed by atoms with Crippen molar-refractivity contribution < 1.29 is 4.68 Å². The van der Waals surface area contributed by atoms with Crippen molar-refractivity contribution in [3.63, 3.8) is 0 Å². The van der Waals surface area contributed by atoms with E-state index in [-0.39, 0.29) is 0 Å². The lowest BCUT2D eigenvalue weighted by molar-refractivity contribution is -0.614. The van der Waals surface area contributed by atoms with Gasteiger partial charge in [-0.05, 0) is 41.8 Å². The van der Waals surface area contributed by atoms with Crippen molar-refractivity contribution in [3.8, 4) is 22.5 Å². The molecule has 2 aromatic heterocycles. The van der Waals surface area contributed by atoms with Crippen LogP contribution in [0.5, 0.6) is 0 Å². The van der Waals surface area contributed by atoms with Crippen LogP contribution in [0.2, 0.25) is 0 Å². The molecule has 0 aliphatic carbocycles. The summed E-state index contributed by atoms with van der Waals surface area (Å²) in [6.45, 7) is 0. The van der Waals surface area contributed by atoms with Gasteiger partial charge in [-0.2, -0.15) is 0 Å². The first-order valence-electron chi connectivity index (χ1n) is 8.78. The lowest BCUT2D eigenvalue weighted by Crippen LogP contribution is -2.48. The van der Waals surface area contributed by atoms with E-state index in [1.807, 2.05) is 30.5 Å². The average molecular weight is 415 g/mol. The number of H-pyrrole nitrogens is 1. The molecule has 0 aliphatic rings. The minimum Gasteiger partial charge on any atom is -0.360 e. The number of hydrogen-bond donors (Lipinski definition) is 2. The maximum absolute atomic E-state index is 6.69. The maximum atomic E-state index is 6.69. The highest BCUT2D eigenvalue weighted by Crippen LogP contribution is 2.34. The van der Waals surface area contributed by atoms with Gasteiger partial charge in [0.2, 0.25) is 5.69 Å². The van der Waals surface area contributed by atoms with Gasteiger partial charge < -0.3 is 4.98 Å². The quantitative estimate of drug-likeness (QED) is 0.294. The first-order chi connectivity index (χ1) is 13.2. The summed E-state index contributed by atoms with van der Waals surface area (Å²) in [5.74, 6) is 6.69. The number of halogens is 1. The van der Waals surface area contributed by atoms with E-state index in [1.165, 1.54) is 0 Å². The van der Waals surface area contributed by atoms with Gasteiger partial charge in [-0.3, -0.25) is 0 Å². The van der Waals surface area contributed by atoms with Crippen LogP contribution in [-0.4, -0.2) is 4.98 Å². The van der Waals surface area contributed by atoms with E-state index in [0.29, 0.717) is 0 Å². The Hall–Kier alpha value is -3.11. The normalized spacial score (nSPS) is 11.3. The lowest BCUT2D eigenvalue weighted by atomic mass is 10.00. The van der Waals surface area contributed by atoms with Crippen LogP contribution in [0.4, 0.5) is 0 Å². The molecule has 3 N–H and O–H groups in total. The fourth-order valence-electron chi connectivity index (χ4n) is 3.70. The predicted octanol–water partition coefficient (Wildman–Crippen LogP) is 5.42. The van der Waals surface area contributed by atoms with E-state index >= 15 is 0 Å². The van der Waals surface area contributed by atoms with Gasteiger partial charge in [-0.15, -0.1) is 0 Å². The molecule has 0 spiro atoms. The van der Waals surface area contributed by atoms with Gasteiger partial charge in [0.05, 0.1) is 10.9 Å². The van der Waals surface area contributed by atoms with Gasteiger partial charge >= 0.3 is 0 Å². The molecule has 3 nitrogen and oxygen atoms in total. The minimum atomic E-state index is 0.980. The monoisotopic (exact) mass is 414 g/mol. The molecule has 4 heteroatoms. The van der Waals surface area contributed by atoms with Crippen LogP contribution in [0.25, 0.3) is 44.2 Å². The maximum Gasteiger partial charge on any atom is 0.252 e. The molecular formula is C23H17BrN3+. The number of rotatable bonds is 2. The van der Waals surface area contributed by atoms with Gasteiger partial charge in [-0.1, -0.05) is 57.0 Å². The SMILES string of the molecule is N[n+]1c(-c2ccccc2)cc2ccccc2c1-c1c[nH]c2ccc(Br)cc12. The molecule has 0 unspecified atom stereocenters. The molecule has 5 rings (SSSR count). The van der Waals surface area contributed by atoms with Crippen molar-refractivity contribution in [1.29, 1.82) is 0 Å². The van der Waals surface area contributed by atoms with E-state index in [2.05, 4.69) is 75.5 Å². The largest absolute Gasteiger partial charge is 0.360 e. The number of pyridine rings is 1. The number of benzene rings is 3. The summed E-state index contributed by atoms with van der Waals surface area (Å²) in [6, 6.07) is 27.0. The molecule has 0 atom stereocenters. The third-order valence-electron chi connectivity index (χ3n) is 4.98. The number of nitrogens with two attached hydrogens (primary N) is 1. The van der Waals surface area contributed by atoms with Crippen molar-refractivity contribution in [3.05, 3.63) is 89.5 Å². The van der Waals surface area contributed by atoms with Gasteiger partial charge in [0.1, 0.15) is 0 Å². The Balaban J connectivity index is 1.91. The van der Waals surface area contributed by atoms with Crippen molar-refractivity contribution in [1.82, 2.24) is 4.98 Å². The zero-order valence-electron chi connectivity index (χ0n) is 14.5. The molecule has 130 valence electrons. The zero-order valence-corrected chi connectivity index (χ0v) is 16.1. The molecule has 5 aromatic rings. The number of fused-ring (bicyclic) bond motifs is 2. The van der Waals surface area contributed by atoms with Crippen LogP contribution < -0.4 is 10.5 Å². The highest BCUT2D eigenvalue weighted by atomic mass is 79.9. The van der Waals surface area contributed by atoms with Crippen LogP contribution in [0.1, 0.15) is 0 Å². The second-order valence-electron chi connectivity index (χ2n) is 6.59. The Morgan fingerprint density at radius 1 is 0.815 bits per heavy atom. The number of nitrogens with one attached hydrogen (secondary N) is 1. The molecular weight excluding hydrogens is 398 g/mol. The molecule has 0 saturated carbocycles. The molecule has 0 fully saturated rings. The predicted molar refractivity (Wildman–Crippen MR) is 115 cm³/mol. The standard InChI is InChI=1S/C23H16BrN3/c24-17-10-11-21-19(13-17)20(14-26-21)23-18-9-5-4-8-16(18)12-22(27(23)25)15-6-2-1-3-7-15/h1-14H,25H2/p+1. The average Bonchev–Trinajstić information content (AvgIpc) is 3.11. The van der Waals surface area contributed by atoms with Crippen molar-refractivity contribution in [2.24, 2.45) is 0 Å². The van der Waals surface area contributed by atoms with Gasteiger partial charge in [0.25, 0.3) is 5.69 Å². The number of hydrogen-bond acceptors (Lipinski definition) is 1.